The quantitative estimate of drug-likeness (QED) is 0.863. The lowest BCUT2D eigenvalue weighted by Crippen LogP contribution is -2.44. The Morgan fingerprint density at radius 1 is 1.32 bits per heavy atom. The van der Waals surface area contributed by atoms with Crippen molar-refractivity contribution in [2.45, 2.75) is 26.8 Å². The van der Waals surface area contributed by atoms with Crippen molar-refractivity contribution in [1.82, 2.24) is 9.47 Å². The third kappa shape index (κ3) is 3.36. The van der Waals surface area contributed by atoms with E-state index < -0.39 is 0 Å². The van der Waals surface area contributed by atoms with Crippen LogP contribution >= 0.6 is 0 Å². The highest BCUT2D eigenvalue weighted by Gasteiger charge is 2.25. The summed E-state index contributed by atoms with van der Waals surface area (Å²) in [6, 6.07) is 2.94. The Bertz CT molecular complexity index is 514. The first-order chi connectivity index (χ1) is 8.95. The van der Waals surface area contributed by atoms with Crippen LogP contribution in [0.1, 0.15) is 20.3 Å². The number of hydrogen-bond donors (Lipinski definition) is 1. The van der Waals surface area contributed by atoms with E-state index in [0.717, 1.165) is 19.5 Å². The van der Waals surface area contributed by atoms with Crippen LogP contribution in [0.2, 0.25) is 0 Å². The lowest BCUT2D eigenvalue weighted by molar-refractivity contribution is -0.134. The van der Waals surface area contributed by atoms with Gasteiger partial charge in [-0.3, -0.25) is 9.59 Å². The molecule has 1 aromatic heterocycles. The molecule has 2 N–H and O–H groups in total. The molecular weight excluding hydrogens is 242 g/mol. The highest BCUT2D eigenvalue weighted by atomic mass is 16.2. The van der Waals surface area contributed by atoms with Gasteiger partial charge in [-0.1, -0.05) is 13.8 Å². The van der Waals surface area contributed by atoms with Crippen molar-refractivity contribution in [2.24, 2.45) is 11.8 Å². The van der Waals surface area contributed by atoms with Gasteiger partial charge in [0.25, 0.3) is 5.56 Å². The molecule has 1 amide bonds. The summed E-state index contributed by atoms with van der Waals surface area (Å²) in [5.74, 6) is 1.03. The van der Waals surface area contributed by atoms with Crippen LogP contribution in [0.3, 0.4) is 0 Å². The zero-order chi connectivity index (χ0) is 14.0. The van der Waals surface area contributed by atoms with Crippen LogP contribution in [-0.2, 0) is 11.3 Å². The second-order valence-electron chi connectivity index (χ2n) is 5.67. The highest BCUT2D eigenvalue weighted by Crippen LogP contribution is 2.21. The van der Waals surface area contributed by atoms with E-state index in [9.17, 15) is 9.59 Å². The van der Waals surface area contributed by atoms with Gasteiger partial charge in [-0.05, 0) is 24.3 Å². The number of likely N-dealkylation sites (tertiary alicyclic amines) is 1. The number of aromatic nitrogens is 1. The standard InChI is InChI=1S/C14H21N3O2/c1-10-5-11(2)7-16(6-10)14(19)9-17-8-12(15)3-4-13(17)18/h3-4,8,10-11H,5-7,9,15H2,1-2H3. The lowest BCUT2D eigenvalue weighted by atomic mass is 9.92. The molecule has 0 radical (unpaired) electrons. The van der Waals surface area contributed by atoms with Gasteiger partial charge >= 0.3 is 0 Å². The molecule has 0 aliphatic carbocycles. The van der Waals surface area contributed by atoms with Crippen molar-refractivity contribution >= 4 is 11.6 Å². The Hall–Kier alpha value is -1.78. The normalized spacial score (nSPS) is 23.4. The maximum atomic E-state index is 12.2. The topological polar surface area (TPSA) is 68.3 Å². The van der Waals surface area contributed by atoms with E-state index in [0.29, 0.717) is 17.5 Å². The Morgan fingerprint density at radius 2 is 1.95 bits per heavy atom. The summed E-state index contributed by atoms with van der Waals surface area (Å²) < 4.78 is 1.38. The molecule has 0 saturated carbocycles. The molecule has 0 aromatic carbocycles. The smallest absolute Gasteiger partial charge is 0.251 e. The first-order valence-electron chi connectivity index (χ1n) is 6.69. The molecule has 104 valence electrons. The number of nitrogens with two attached hydrogens (primary N) is 1. The number of carbonyl (C=O) groups excluding carboxylic acids is 1. The molecule has 1 aliphatic rings. The Labute approximate surface area is 113 Å². The van der Waals surface area contributed by atoms with Crippen LogP contribution in [0.4, 0.5) is 5.69 Å². The Kier molecular flexibility index (Phi) is 3.93. The van der Waals surface area contributed by atoms with Crippen molar-refractivity contribution in [2.75, 3.05) is 18.8 Å². The molecule has 1 aromatic rings. The van der Waals surface area contributed by atoms with E-state index in [1.807, 2.05) is 4.90 Å². The molecule has 19 heavy (non-hydrogen) atoms. The van der Waals surface area contributed by atoms with Crippen molar-refractivity contribution < 1.29 is 4.79 Å². The molecule has 5 heteroatoms. The van der Waals surface area contributed by atoms with Gasteiger partial charge < -0.3 is 15.2 Å². The number of amides is 1. The van der Waals surface area contributed by atoms with E-state index in [-0.39, 0.29) is 18.0 Å². The third-order valence-corrected chi connectivity index (χ3v) is 3.53. The first kappa shape index (κ1) is 13.6. The van der Waals surface area contributed by atoms with Gasteiger partial charge in [0.1, 0.15) is 6.54 Å². The number of anilines is 1. The molecule has 1 saturated heterocycles. The van der Waals surface area contributed by atoms with Gasteiger partial charge in [0, 0.05) is 31.0 Å². The highest BCUT2D eigenvalue weighted by molar-refractivity contribution is 5.76. The van der Waals surface area contributed by atoms with Crippen LogP contribution in [-0.4, -0.2) is 28.5 Å². The van der Waals surface area contributed by atoms with E-state index in [1.165, 1.54) is 16.8 Å². The lowest BCUT2D eigenvalue weighted by Gasteiger charge is -2.35. The summed E-state index contributed by atoms with van der Waals surface area (Å²) in [7, 11) is 0. The van der Waals surface area contributed by atoms with Crippen LogP contribution in [0.5, 0.6) is 0 Å². The number of hydrogen-bond acceptors (Lipinski definition) is 3. The van der Waals surface area contributed by atoms with Crippen molar-refractivity contribution in [3.05, 3.63) is 28.7 Å². The monoisotopic (exact) mass is 263 g/mol. The van der Waals surface area contributed by atoms with Crippen LogP contribution in [0.15, 0.2) is 23.1 Å². The van der Waals surface area contributed by atoms with Crippen molar-refractivity contribution in [1.29, 1.82) is 0 Å². The molecule has 2 heterocycles. The molecule has 0 bridgehead atoms. The zero-order valence-corrected chi connectivity index (χ0v) is 11.5. The van der Waals surface area contributed by atoms with E-state index >= 15 is 0 Å². The largest absolute Gasteiger partial charge is 0.398 e. The summed E-state index contributed by atoms with van der Waals surface area (Å²) in [5, 5.41) is 0. The predicted octanol–water partition coefficient (Wildman–Crippen LogP) is 0.935. The van der Waals surface area contributed by atoms with Gasteiger partial charge in [0.2, 0.25) is 5.91 Å². The number of pyridine rings is 1. The second kappa shape index (κ2) is 5.47. The molecule has 1 fully saturated rings. The summed E-state index contributed by atoms with van der Waals surface area (Å²) in [6.45, 7) is 5.94. The summed E-state index contributed by atoms with van der Waals surface area (Å²) in [6.07, 6.45) is 2.68. The fourth-order valence-electron chi connectivity index (χ4n) is 2.79. The average molecular weight is 263 g/mol. The van der Waals surface area contributed by atoms with Gasteiger partial charge in [-0.15, -0.1) is 0 Å². The molecule has 2 atom stereocenters. The zero-order valence-electron chi connectivity index (χ0n) is 11.5. The number of rotatable bonds is 2. The SMILES string of the molecule is CC1CC(C)CN(C(=O)Cn2cc(N)ccc2=O)C1. The Morgan fingerprint density at radius 3 is 2.58 bits per heavy atom. The van der Waals surface area contributed by atoms with Crippen molar-refractivity contribution in [3.8, 4) is 0 Å². The molecule has 2 rings (SSSR count). The third-order valence-electron chi connectivity index (χ3n) is 3.53. The number of carbonyl (C=O) groups is 1. The minimum absolute atomic E-state index is 0.00824. The maximum absolute atomic E-state index is 12.2. The first-order valence-corrected chi connectivity index (χ1v) is 6.69. The van der Waals surface area contributed by atoms with Crippen molar-refractivity contribution in [3.63, 3.8) is 0 Å². The van der Waals surface area contributed by atoms with Gasteiger partial charge in [-0.2, -0.15) is 0 Å². The molecule has 0 spiro atoms. The second-order valence-corrected chi connectivity index (χ2v) is 5.67. The molecular formula is C14H21N3O2. The fourth-order valence-corrected chi connectivity index (χ4v) is 2.79. The van der Waals surface area contributed by atoms with Gasteiger partial charge in [-0.25, -0.2) is 0 Å². The summed E-state index contributed by atoms with van der Waals surface area (Å²) >= 11 is 0. The molecule has 5 nitrogen and oxygen atoms in total. The number of nitrogens with zero attached hydrogens (tertiary/aromatic N) is 2. The van der Waals surface area contributed by atoms with Crippen LogP contribution in [0.25, 0.3) is 0 Å². The summed E-state index contributed by atoms with van der Waals surface area (Å²) in [4.78, 5) is 25.8. The Balaban J connectivity index is 2.08. The maximum Gasteiger partial charge on any atom is 0.251 e. The molecule has 2 unspecified atom stereocenters. The van der Waals surface area contributed by atoms with E-state index in [1.54, 1.807) is 6.07 Å². The van der Waals surface area contributed by atoms with E-state index in [4.69, 9.17) is 5.73 Å². The molecule has 1 aliphatic heterocycles. The van der Waals surface area contributed by atoms with Crippen LogP contribution < -0.4 is 11.3 Å². The number of nitrogen functional groups attached to an aromatic ring is 1. The number of piperidine rings is 1. The van der Waals surface area contributed by atoms with Crippen LogP contribution in [0, 0.1) is 11.8 Å². The van der Waals surface area contributed by atoms with Gasteiger partial charge in [0.05, 0.1) is 0 Å². The average Bonchev–Trinajstić information content (AvgIpc) is 2.32. The van der Waals surface area contributed by atoms with E-state index in [2.05, 4.69) is 13.8 Å². The summed E-state index contributed by atoms with van der Waals surface area (Å²) in [5.41, 5.74) is 5.94. The minimum Gasteiger partial charge on any atom is -0.398 e. The minimum atomic E-state index is -0.194. The fraction of sp³-hybridized carbons (Fsp3) is 0.571. The van der Waals surface area contributed by atoms with Gasteiger partial charge in [0.15, 0.2) is 0 Å². The predicted molar refractivity (Wildman–Crippen MR) is 74.6 cm³/mol.